The molecule has 6 heteroatoms. The summed E-state index contributed by atoms with van der Waals surface area (Å²) in [6, 6.07) is -0.540. The summed E-state index contributed by atoms with van der Waals surface area (Å²) in [7, 11) is 0. The van der Waals surface area contributed by atoms with E-state index in [2.05, 4.69) is 5.32 Å². The molecule has 0 saturated heterocycles. The smallest absolute Gasteiger partial charge is 0.306 e. The second kappa shape index (κ2) is 8.64. The largest absolute Gasteiger partial charge is 0.481 e. The number of aliphatic hydroxyl groups excluding tert-OH is 1. The minimum atomic E-state index is -0.756. The lowest BCUT2D eigenvalue weighted by atomic mass is 9.79. The number of hydrogen-bond donors (Lipinski definition) is 4. The highest BCUT2D eigenvalue weighted by Crippen LogP contribution is 2.30. The molecule has 0 spiro atoms. The molecule has 0 aromatic rings. The fraction of sp³-hybridized carbons (Fsp3) is 0.882. The summed E-state index contributed by atoms with van der Waals surface area (Å²) in [5.74, 6) is -0.859. The molecule has 5 N–H and O–H groups in total. The van der Waals surface area contributed by atoms with Crippen LogP contribution in [0.1, 0.15) is 57.8 Å². The summed E-state index contributed by atoms with van der Waals surface area (Å²) in [5.41, 5.74) is 6.00. The Bertz CT molecular complexity index is 407. The molecule has 0 bridgehead atoms. The van der Waals surface area contributed by atoms with Gasteiger partial charge in [0.25, 0.3) is 0 Å². The molecule has 0 unspecified atom stereocenters. The fourth-order valence-electron chi connectivity index (χ4n) is 3.99. The summed E-state index contributed by atoms with van der Waals surface area (Å²) >= 11 is 0. The summed E-state index contributed by atoms with van der Waals surface area (Å²) < 4.78 is 0. The van der Waals surface area contributed by atoms with Gasteiger partial charge in [-0.2, -0.15) is 0 Å². The van der Waals surface area contributed by atoms with Crippen molar-refractivity contribution >= 4 is 11.9 Å². The van der Waals surface area contributed by atoms with Crippen molar-refractivity contribution in [3.05, 3.63) is 0 Å². The van der Waals surface area contributed by atoms with E-state index in [1.807, 2.05) is 0 Å². The number of aliphatic hydroxyl groups is 1. The Morgan fingerprint density at radius 2 is 1.74 bits per heavy atom. The van der Waals surface area contributed by atoms with Gasteiger partial charge < -0.3 is 21.3 Å². The van der Waals surface area contributed by atoms with Crippen LogP contribution in [0, 0.1) is 17.8 Å². The fourth-order valence-corrected chi connectivity index (χ4v) is 3.99. The Balaban J connectivity index is 1.73. The highest BCUT2D eigenvalue weighted by molar-refractivity contribution is 5.81. The van der Waals surface area contributed by atoms with Crippen molar-refractivity contribution in [2.75, 3.05) is 6.54 Å². The molecule has 23 heavy (non-hydrogen) atoms. The van der Waals surface area contributed by atoms with E-state index in [4.69, 9.17) is 5.73 Å². The number of amides is 1. The Morgan fingerprint density at radius 3 is 2.39 bits per heavy atom. The van der Waals surface area contributed by atoms with Gasteiger partial charge in [0.1, 0.15) is 0 Å². The molecule has 2 aliphatic carbocycles. The third-order valence-corrected chi connectivity index (χ3v) is 5.51. The molecule has 2 fully saturated rings. The maximum absolute atomic E-state index is 12.2. The van der Waals surface area contributed by atoms with E-state index in [1.165, 1.54) is 0 Å². The molecule has 0 radical (unpaired) electrons. The van der Waals surface area contributed by atoms with E-state index >= 15 is 0 Å². The van der Waals surface area contributed by atoms with E-state index in [0.717, 1.165) is 44.9 Å². The predicted molar refractivity (Wildman–Crippen MR) is 86.7 cm³/mol. The third-order valence-electron chi connectivity index (χ3n) is 5.51. The van der Waals surface area contributed by atoms with E-state index < -0.39 is 12.0 Å². The monoisotopic (exact) mass is 326 g/mol. The van der Waals surface area contributed by atoms with Crippen LogP contribution in [0.2, 0.25) is 0 Å². The Morgan fingerprint density at radius 1 is 1.09 bits per heavy atom. The number of nitrogens with two attached hydrogens (primary N) is 1. The lowest BCUT2D eigenvalue weighted by molar-refractivity contribution is -0.145. The topological polar surface area (TPSA) is 113 Å². The molecule has 3 atom stereocenters. The number of hydrogen-bond acceptors (Lipinski definition) is 4. The van der Waals surface area contributed by atoms with Crippen molar-refractivity contribution < 1.29 is 19.8 Å². The highest BCUT2D eigenvalue weighted by Gasteiger charge is 2.31. The van der Waals surface area contributed by atoms with Crippen molar-refractivity contribution in [2.24, 2.45) is 23.5 Å². The van der Waals surface area contributed by atoms with Crippen LogP contribution in [0.5, 0.6) is 0 Å². The summed E-state index contributed by atoms with van der Waals surface area (Å²) in [5, 5.41) is 21.6. The normalized spacial score (nSPS) is 33.0. The molecule has 0 aliphatic heterocycles. The number of carbonyl (C=O) groups is 2. The minimum Gasteiger partial charge on any atom is -0.481 e. The number of carboxylic acids is 1. The molecule has 2 aliphatic rings. The van der Waals surface area contributed by atoms with Crippen LogP contribution in [0.25, 0.3) is 0 Å². The van der Waals surface area contributed by atoms with Crippen molar-refractivity contribution in [3.63, 3.8) is 0 Å². The Hall–Kier alpha value is -1.14. The highest BCUT2D eigenvalue weighted by atomic mass is 16.4. The van der Waals surface area contributed by atoms with E-state index in [0.29, 0.717) is 25.3 Å². The molecule has 0 aromatic heterocycles. The average Bonchev–Trinajstić information content (AvgIpc) is 2.54. The first-order chi connectivity index (χ1) is 11.0. The van der Waals surface area contributed by atoms with Crippen LogP contribution in [0.4, 0.5) is 0 Å². The average molecular weight is 326 g/mol. The maximum Gasteiger partial charge on any atom is 0.306 e. The number of nitrogens with one attached hydrogen (secondary N) is 1. The lowest BCUT2D eigenvalue weighted by Crippen LogP contribution is -2.45. The van der Waals surface area contributed by atoms with Gasteiger partial charge in [0, 0.05) is 6.54 Å². The van der Waals surface area contributed by atoms with Gasteiger partial charge in [-0.05, 0) is 56.8 Å². The number of rotatable bonds is 6. The molecule has 0 aromatic carbocycles. The van der Waals surface area contributed by atoms with Crippen LogP contribution in [-0.2, 0) is 9.59 Å². The molecular formula is C17H30N2O4. The Kier molecular flexibility index (Phi) is 6.84. The zero-order valence-electron chi connectivity index (χ0n) is 13.7. The first-order valence-corrected chi connectivity index (χ1v) is 8.91. The van der Waals surface area contributed by atoms with Crippen LogP contribution in [0.15, 0.2) is 0 Å². The van der Waals surface area contributed by atoms with Crippen LogP contribution in [-0.4, -0.2) is 40.8 Å². The van der Waals surface area contributed by atoms with E-state index in [9.17, 15) is 19.8 Å². The van der Waals surface area contributed by atoms with Gasteiger partial charge in [-0.1, -0.05) is 12.8 Å². The molecule has 2 rings (SSSR count). The van der Waals surface area contributed by atoms with Crippen molar-refractivity contribution in [1.82, 2.24) is 5.32 Å². The summed E-state index contributed by atoms with van der Waals surface area (Å²) in [6.07, 6.45) is 7.41. The van der Waals surface area contributed by atoms with Crippen molar-refractivity contribution in [2.45, 2.75) is 69.9 Å². The van der Waals surface area contributed by atoms with Gasteiger partial charge in [0.2, 0.25) is 5.91 Å². The van der Waals surface area contributed by atoms with Gasteiger partial charge in [-0.15, -0.1) is 0 Å². The van der Waals surface area contributed by atoms with Gasteiger partial charge in [-0.3, -0.25) is 9.59 Å². The number of carbonyl (C=O) groups excluding carboxylic acids is 1. The molecule has 0 heterocycles. The summed E-state index contributed by atoms with van der Waals surface area (Å²) in [6.45, 7) is 0.410. The predicted octanol–water partition coefficient (Wildman–Crippen LogP) is 1.26. The van der Waals surface area contributed by atoms with Crippen molar-refractivity contribution in [3.8, 4) is 0 Å². The molecule has 2 saturated carbocycles. The van der Waals surface area contributed by atoms with Crippen molar-refractivity contribution in [1.29, 1.82) is 0 Å². The zero-order valence-corrected chi connectivity index (χ0v) is 13.7. The maximum atomic E-state index is 12.2. The first-order valence-electron chi connectivity index (χ1n) is 8.91. The number of aliphatic carboxylic acids is 1. The lowest BCUT2D eigenvalue weighted by Gasteiger charge is -2.30. The van der Waals surface area contributed by atoms with Crippen LogP contribution in [0.3, 0.4) is 0 Å². The van der Waals surface area contributed by atoms with E-state index in [1.54, 1.807) is 0 Å². The first kappa shape index (κ1) is 18.2. The Labute approximate surface area is 137 Å². The molecular weight excluding hydrogens is 296 g/mol. The molecule has 132 valence electrons. The van der Waals surface area contributed by atoms with E-state index in [-0.39, 0.29) is 23.8 Å². The van der Waals surface area contributed by atoms with Crippen LogP contribution < -0.4 is 11.1 Å². The van der Waals surface area contributed by atoms with Gasteiger partial charge in [-0.25, -0.2) is 0 Å². The second-order valence-electron chi connectivity index (χ2n) is 7.25. The summed E-state index contributed by atoms with van der Waals surface area (Å²) in [4.78, 5) is 23.4. The third kappa shape index (κ3) is 5.46. The second-order valence-corrected chi connectivity index (χ2v) is 7.25. The van der Waals surface area contributed by atoms with Gasteiger partial charge in [0.15, 0.2) is 0 Å². The van der Waals surface area contributed by atoms with Gasteiger partial charge >= 0.3 is 5.97 Å². The molecule has 1 amide bonds. The SMILES string of the molecule is N[C@@H](CC1CCC(O)CC1)C(=O)NC[C@@H]1CCCC[C@@H]1C(=O)O. The standard InChI is InChI=1S/C17H30N2O4/c18-15(9-11-5-7-13(20)8-6-11)16(21)19-10-12-3-1-2-4-14(12)17(22)23/h11-15,20H,1-10,18H2,(H,19,21)(H,22,23)/t11?,12-,13?,14-,15-/m0/s1. The van der Waals surface area contributed by atoms with Gasteiger partial charge in [0.05, 0.1) is 18.1 Å². The zero-order chi connectivity index (χ0) is 16.8. The number of carboxylic acid groups (broad SMARTS) is 1. The minimum absolute atomic E-state index is 0.0160. The van der Waals surface area contributed by atoms with Crippen LogP contribution >= 0.6 is 0 Å². The molecule has 6 nitrogen and oxygen atoms in total. The quantitative estimate of drug-likeness (QED) is 0.587.